The lowest BCUT2D eigenvalue weighted by Crippen LogP contribution is -1.77. The van der Waals surface area contributed by atoms with Gasteiger partial charge in [0.15, 0.2) is 0 Å². The molecular formula is C11H16O. The highest BCUT2D eigenvalue weighted by Gasteiger charge is 2.36. The fourth-order valence-corrected chi connectivity index (χ4v) is 1.73. The van der Waals surface area contributed by atoms with E-state index >= 15 is 0 Å². The Hall–Kier alpha value is -0.720. The molecule has 12 heavy (non-hydrogen) atoms. The summed E-state index contributed by atoms with van der Waals surface area (Å²) in [5.74, 6) is 2.80. The summed E-state index contributed by atoms with van der Waals surface area (Å²) < 4.78 is 5.51. The summed E-state index contributed by atoms with van der Waals surface area (Å²) in [5, 5.41) is 0. The van der Waals surface area contributed by atoms with Crippen molar-refractivity contribution in [1.29, 1.82) is 0 Å². The van der Waals surface area contributed by atoms with Crippen molar-refractivity contribution in [3.05, 3.63) is 23.7 Å². The van der Waals surface area contributed by atoms with Crippen molar-refractivity contribution in [2.45, 2.75) is 39.0 Å². The van der Waals surface area contributed by atoms with Gasteiger partial charge in [-0.3, -0.25) is 0 Å². The first-order chi connectivity index (χ1) is 5.81. The topological polar surface area (TPSA) is 13.1 Å². The minimum atomic E-state index is 0.732. The van der Waals surface area contributed by atoms with Gasteiger partial charge in [-0.15, -0.1) is 0 Å². The standard InChI is InChI=1S/C11H16O/c1-3-4-9-6-11(12-7-9)10-5-8(10)2/h6-8,10H,3-5H2,1-2H3. The van der Waals surface area contributed by atoms with E-state index in [-0.39, 0.29) is 0 Å². The highest BCUT2D eigenvalue weighted by molar-refractivity contribution is 5.20. The van der Waals surface area contributed by atoms with E-state index in [0.717, 1.165) is 18.3 Å². The lowest BCUT2D eigenvalue weighted by atomic mass is 10.2. The van der Waals surface area contributed by atoms with Gasteiger partial charge >= 0.3 is 0 Å². The van der Waals surface area contributed by atoms with E-state index in [4.69, 9.17) is 4.42 Å². The highest BCUT2D eigenvalue weighted by Crippen LogP contribution is 2.47. The van der Waals surface area contributed by atoms with Gasteiger partial charge in [0.25, 0.3) is 0 Å². The molecule has 1 aliphatic carbocycles. The molecule has 2 rings (SSSR count). The second-order valence-electron chi connectivity index (χ2n) is 3.93. The first kappa shape index (κ1) is 7.90. The average molecular weight is 164 g/mol. The van der Waals surface area contributed by atoms with Gasteiger partial charge in [-0.05, 0) is 30.4 Å². The molecule has 0 radical (unpaired) electrons. The summed E-state index contributed by atoms with van der Waals surface area (Å²) in [6.45, 7) is 4.49. The SMILES string of the molecule is CCCc1coc(C2CC2C)c1. The molecule has 1 nitrogen and oxygen atoms in total. The summed E-state index contributed by atoms with van der Waals surface area (Å²) in [4.78, 5) is 0. The second-order valence-corrected chi connectivity index (χ2v) is 3.93. The third-order valence-corrected chi connectivity index (χ3v) is 2.69. The zero-order valence-corrected chi connectivity index (χ0v) is 7.84. The minimum absolute atomic E-state index is 0.732. The fourth-order valence-electron chi connectivity index (χ4n) is 1.73. The van der Waals surface area contributed by atoms with Crippen LogP contribution in [0.25, 0.3) is 0 Å². The summed E-state index contributed by atoms with van der Waals surface area (Å²) in [6, 6.07) is 2.23. The Bertz CT molecular complexity index is 262. The lowest BCUT2D eigenvalue weighted by molar-refractivity contribution is 0.504. The second kappa shape index (κ2) is 2.96. The van der Waals surface area contributed by atoms with Crippen LogP contribution in [0.5, 0.6) is 0 Å². The molecule has 0 saturated heterocycles. The molecule has 0 aromatic carbocycles. The van der Waals surface area contributed by atoms with Crippen LogP contribution in [0.4, 0.5) is 0 Å². The number of aryl methyl sites for hydroxylation is 1. The van der Waals surface area contributed by atoms with Crippen LogP contribution in [-0.4, -0.2) is 0 Å². The average Bonchev–Trinajstić information content (AvgIpc) is 2.62. The molecule has 1 aromatic rings. The minimum Gasteiger partial charge on any atom is -0.469 e. The van der Waals surface area contributed by atoms with Crippen LogP contribution in [0.3, 0.4) is 0 Å². The Labute approximate surface area is 73.8 Å². The van der Waals surface area contributed by atoms with Crippen LogP contribution in [0, 0.1) is 5.92 Å². The van der Waals surface area contributed by atoms with E-state index in [0.29, 0.717) is 0 Å². The Kier molecular flexibility index (Phi) is 1.95. The van der Waals surface area contributed by atoms with Gasteiger partial charge in [-0.25, -0.2) is 0 Å². The summed E-state index contributed by atoms with van der Waals surface area (Å²) in [6.07, 6.45) is 5.60. The summed E-state index contributed by atoms with van der Waals surface area (Å²) >= 11 is 0. The van der Waals surface area contributed by atoms with Crippen LogP contribution in [0.2, 0.25) is 0 Å². The van der Waals surface area contributed by atoms with Crippen molar-refractivity contribution >= 4 is 0 Å². The zero-order valence-electron chi connectivity index (χ0n) is 7.84. The number of furan rings is 1. The van der Waals surface area contributed by atoms with E-state index in [9.17, 15) is 0 Å². The quantitative estimate of drug-likeness (QED) is 0.667. The van der Waals surface area contributed by atoms with Gasteiger partial charge in [0.05, 0.1) is 6.26 Å². The predicted molar refractivity (Wildman–Crippen MR) is 49.2 cm³/mol. The van der Waals surface area contributed by atoms with Crippen molar-refractivity contribution in [1.82, 2.24) is 0 Å². The third kappa shape index (κ3) is 1.40. The lowest BCUT2D eigenvalue weighted by Gasteiger charge is -1.88. The van der Waals surface area contributed by atoms with Crippen LogP contribution < -0.4 is 0 Å². The molecule has 2 unspecified atom stereocenters. The van der Waals surface area contributed by atoms with Gasteiger partial charge in [-0.2, -0.15) is 0 Å². The molecule has 1 heteroatoms. The van der Waals surface area contributed by atoms with Gasteiger partial charge in [0.1, 0.15) is 5.76 Å². The van der Waals surface area contributed by atoms with Crippen molar-refractivity contribution in [3.63, 3.8) is 0 Å². The first-order valence-corrected chi connectivity index (χ1v) is 4.88. The Morgan fingerprint density at radius 1 is 1.58 bits per heavy atom. The van der Waals surface area contributed by atoms with Crippen molar-refractivity contribution in [2.24, 2.45) is 5.92 Å². The normalized spacial score (nSPS) is 27.5. The Morgan fingerprint density at radius 3 is 2.92 bits per heavy atom. The number of hydrogen-bond donors (Lipinski definition) is 0. The first-order valence-electron chi connectivity index (χ1n) is 4.88. The fraction of sp³-hybridized carbons (Fsp3) is 0.636. The summed E-state index contributed by atoms with van der Waals surface area (Å²) in [5.41, 5.74) is 1.37. The van der Waals surface area contributed by atoms with Crippen molar-refractivity contribution < 1.29 is 4.42 Å². The molecule has 1 aromatic heterocycles. The summed E-state index contributed by atoms with van der Waals surface area (Å²) in [7, 11) is 0. The predicted octanol–water partition coefficient (Wildman–Crippen LogP) is 3.36. The largest absolute Gasteiger partial charge is 0.469 e. The molecule has 1 aliphatic rings. The van der Waals surface area contributed by atoms with E-state index in [1.165, 1.54) is 24.2 Å². The molecule has 1 heterocycles. The van der Waals surface area contributed by atoms with Crippen LogP contribution in [0.15, 0.2) is 16.7 Å². The van der Waals surface area contributed by atoms with Gasteiger partial charge in [0.2, 0.25) is 0 Å². The van der Waals surface area contributed by atoms with Gasteiger partial charge < -0.3 is 4.42 Å². The molecule has 2 atom stereocenters. The van der Waals surface area contributed by atoms with Gasteiger partial charge in [-0.1, -0.05) is 20.3 Å². The molecule has 0 aliphatic heterocycles. The monoisotopic (exact) mass is 164 g/mol. The molecule has 0 amide bonds. The van der Waals surface area contributed by atoms with Crippen LogP contribution in [0.1, 0.15) is 43.9 Å². The maximum atomic E-state index is 5.51. The van der Waals surface area contributed by atoms with Crippen molar-refractivity contribution in [2.75, 3.05) is 0 Å². The third-order valence-electron chi connectivity index (χ3n) is 2.69. The van der Waals surface area contributed by atoms with E-state index in [1.807, 2.05) is 6.26 Å². The Balaban J connectivity index is 2.04. The molecule has 0 N–H and O–H groups in total. The maximum absolute atomic E-state index is 5.51. The van der Waals surface area contributed by atoms with E-state index in [2.05, 4.69) is 19.9 Å². The molecule has 1 saturated carbocycles. The zero-order chi connectivity index (χ0) is 8.55. The van der Waals surface area contributed by atoms with E-state index < -0.39 is 0 Å². The molecule has 0 bridgehead atoms. The smallest absolute Gasteiger partial charge is 0.107 e. The van der Waals surface area contributed by atoms with E-state index in [1.54, 1.807) is 0 Å². The number of hydrogen-bond acceptors (Lipinski definition) is 1. The van der Waals surface area contributed by atoms with Crippen molar-refractivity contribution in [3.8, 4) is 0 Å². The Morgan fingerprint density at radius 2 is 2.33 bits per heavy atom. The van der Waals surface area contributed by atoms with Crippen LogP contribution in [-0.2, 0) is 6.42 Å². The molecule has 66 valence electrons. The van der Waals surface area contributed by atoms with Crippen LogP contribution >= 0.6 is 0 Å². The molecular weight excluding hydrogens is 148 g/mol. The number of rotatable bonds is 3. The molecule has 0 spiro atoms. The highest BCUT2D eigenvalue weighted by atomic mass is 16.3. The molecule has 1 fully saturated rings. The maximum Gasteiger partial charge on any atom is 0.107 e. The van der Waals surface area contributed by atoms with Gasteiger partial charge in [0, 0.05) is 5.92 Å².